The van der Waals surface area contributed by atoms with E-state index in [0.717, 1.165) is 11.1 Å². The maximum Gasteiger partial charge on any atom is 0.306 e. The van der Waals surface area contributed by atoms with E-state index in [1.807, 2.05) is 18.2 Å². The van der Waals surface area contributed by atoms with Gasteiger partial charge in [0.05, 0.1) is 19.9 Å². The summed E-state index contributed by atoms with van der Waals surface area (Å²) in [5, 5.41) is 17.2. The van der Waals surface area contributed by atoms with Crippen molar-refractivity contribution in [3.63, 3.8) is 0 Å². The number of aromatic nitrogens is 2. The van der Waals surface area contributed by atoms with Gasteiger partial charge in [0.15, 0.2) is 18.1 Å². The number of esters is 1. The lowest BCUT2D eigenvalue weighted by molar-refractivity contribution is -0.147. The highest BCUT2D eigenvalue weighted by molar-refractivity contribution is 6.31. The number of anilines is 1. The van der Waals surface area contributed by atoms with Gasteiger partial charge >= 0.3 is 5.97 Å². The van der Waals surface area contributed by atoms with E-state index in [1.165, 1.54) is 13.2 Å². The van der Waals surface area contributed by atoms with Crippen LogP contribution in [0.4, 0.5) is 5.82 Å². The van der Waals surface area contributed by atoms with Crippen molar-refractivity contribution < 1.29 is 24.2 Å². The number of aryl methyl sites for hydroxylation is 1. The fourth-order valence-corrected chi connectivity index (χ4v) is 3.08. The van der Waals surface area contributed by atoms with E-state index in [2.05, 4.69) is 10.4 Å². The van der Waals surface area contributed by atoms with Crippen molar-refractivity contribution in [1.82, 2.24) is 9.78 Å². The summed E-state index contributed by atoms with van der Waals surface area (Å²) >= 11 is 6.18. The molecule has 1 heterocycles. The monoisotopic (exact) mass is 443 g/mol. The van der Waals surface area contributed by atoms with Crippen molar-refractivity contribution in [2.24, 2.45) is 0 Å². The molecule has 1 aromatic heterocycles. The van der Waals surface area contributed by atoms with Gasteiger partial charge in [0.2, 0.25) is 0 Å². The smallest absolute Gasteiger partial charge is 0.306 e. The number of nitrogens with zero attached hydrogens (tertiary/aromatic N) is 2. The summed E-state index contributed by atoms with van der Waals surface area (Å²) in [5.74, 6) is -0.168. The van der Waals surface area contributed by atoms with Gasteiger partial charge in [-0.25, -0.2) is 4.68 Å². The third kappa shape index (κ3) is 6.23. The van der Waals surface area contributed by atoms with E-state index >= 15 is 0 Å². The molecule has 0 spiro atoms. The van der Waals surface area contributed by atoms with E-state index in [0.29, 0.717) is 29.6 Å². The highest BCUT2D eigenvalue weighted by Crippen LogP contribution is 2.26. The number of hydrogen-bond donors (Lipinski definition) is 2. The fraction of sp³-hybridized carbons (Fsp3) is 0.227. The summed E-state index contributed by atoms with van der Waals surface area (Å²) < 4.78 is 11.6. The molecule has 162 valence electrons. The molecule has 31 heavy (non-hydrogen) atoms. The number of halogens is 1. The Hall–Kier alpha value is -3.52. The van der Waals surface area contributed by atoms with Crippen LogP contribution in [-0.4, -0.2) is 40.5 Å². The zero-order valence-corrected chi connectivity index (χ0v) is 17.6. The molecule has 0 bridgehead atoms. The molecule has 2 N–H and O–H groups in total. The number of nitrogens with one attached hydrogen (secondary N) is 1. The zero-order valence-electron chi connectivity index (χ0n) is 16.9. The molecule has 0 saturated heterocycles. The summed E-state index contributed by atoms with van der Waals surface area (Å²) in [7, 11) is 1.46. The molecule has 0 atom stereocenters. The molecule has 3 aromatic rings. The molecule has 2 aromatic carbocycles. The van der Waals surface area contributed by atoms with Crippen LogP contribution in [0.5, 0.6) is 11.5 Å². The van der Waals surface area contributed by atoms with Crippen LogP contribution < -0.4 is 10.1 Å². The quantitative estimate of drug-likeness (QED) is 0.491. The van der Waals surface area contributed by atoms with Crippen LogP contribution in [0.1, 0.15) is 17.5 Å². The third-order valence-corrected chi connectivity index (χ3v) is 4.86. The highest BCUT2D eigenvalue weighted by atomic mass is 35.5. The van der Waals surface area contributed by atoms with Gasteiger partial charge in [-0.2, -0.15) is 5.10 Å². The summed E-state index contributed by atoms with van der Waals surface area (Å²) in [6.45, 7) is -0.0270. The molecule has 0 radical (unpaired) electrons. The molecule has 9 heteroatoms. The van der Waals surface area contributed by atoms with E-state index in [9.17, 15) is 14.7 Å². The van der Waals surface area contributed by atoms with Gasteiger partial charge in [-0.3, -0.25) is 9.59 Å². The lowest BCUT2D eigenvalue weighted by Gasteiger charge is -2.10. The first-order valence-electron chi connectivity index (χ1n) is 9.53. The topological polar surface area (TPSA) is 103 Å². The number of phenols is 1. The Morgan fingerprint density at radius 1 is 1.19 bits per heavy atom. The molecule has 0 aliphatic rings. The van der Waals surface area contributed by atoms with Crippen LogP contribution in [0.3, 0.4) is 0 Å². The van der Waals surface area contributed by atoms with Crippen molar-refractivity contribution in [2.45, 2.75) is 19.4 Å². The second-order valence-corrected chi connectivity index (χ2v) is 7.09. The second-order valence-electron chi connectivity index (χ2n) is 6.68. The largest absolute Gasteiger partial charge is 0.504 e. The van der Waals surface area contributed by atoms with E-state index in [-0.39, 0.29) is 12.2 Å². The van der Waals surface area contributed by atoms with Crippen molar-refractivity contribution >= 4 is 29.3 Å². The summed E-state index contributed by atoms with van der Waals surface area (Å²) in [6, 6.07) is 13.9. The van der Waals surface area contributed by atoms with Crippen molar-refractivity contribution in [2.75, 3.05) is 19.0 Å². The standard InChI is InChI=1S/C22H22ClN3O5/c1-30-19-8-6-15(12-18(19)27)7-9-22(29)31-14-21(28)25-20-10-11-24-26(20)13-16-4-2-3-5-17(16)23/h2-6,8,10-12,27H,7,9,13-14H2,1H3,(H,25,28). The number of carbonyl (C=O) groups excluding carboxylic acids is 2. The third-order valence-electron chi connectivity index (χ3n) is 4.49. The molecule has 0 saturated carbocycles. The molecular weight excluding hydrogens is 422 g/mol. The first-order chi connectivity index (χ1) is 15.0. The highest BCUT2D eigenvalue weighted by Gasteiger charge is 2.12. The molecule has 0 aliphatic carbocycles. The van der Waals surface area contributed by atoms with Crippen LogP contribution >= 0.6 is 11.6 Å². The first kappa shape index (κ1) is 22.2. The van der Waals surface area contributed by atoms with Crippen molar-refractivity contribution in [3.05, 3.63) is 70.9 Å². The number of ether oxygens (including phenoxy) is 2. The number of hydrogen-bond acceptors (Lipinski definition) is 6. The molecule has 0 unspecified atom stereocenters. The number of phenolic OH excluding ortho intramolecular Hbond substituents is 1. The van der Waals surface area contributed by atoms with Gasteiger partial charge in [0, 0.05) is 17.5 Å². The second kappa shape index (κ2) is 10.5. The average Bonchev–Trinajstić information content (AvgIpc) is 3.19. The fourth-order valence-electron chi connectivity index (χ4n) is 2.89. The lowest BCUT2D eigenvalue weighted by Crippen LogP contribution is -2.23. The van der Waals surface area contributed by atoms with Gasteiger partial charge in [-0.15, -0.1) is 0 Å². The summed E-state index contributed by atoms with van der Waals surface area (Å²) in [4.78, 5) is 24.1. The minimum Gasteiger partial charge on any atom is -0.504 e. The van der Waals surface area contributed by atoms with Crippen LogP contribution in [0.2, 0.25) is 5.02 Å². The minimum absolute atomic E-state index is 0.00106. The number of carbonyl (C=O) groups is 2. The first-order valence-corrected chi connectivity index (χ1v) is 9.90. The van der Waals surface area contributed by atoms with E-state index in [1.54, 1.807) is 35.1 Å². The molecule has 8 nitrogen and oxygen atoms in total. The molecule has 0 aliphatic heterocycles. The predicted octanol–water partition coefficient (Wildman–Crippen LogP) is 3.41. The van der Waals surface area contributed by atoms with Crippen molar-refractivity contribution in [3.8, 4) is 11.5 Å². The van der Waals surface area contributed by atoms with Gasteiger partial charge < -0.3 is 19.9 Å². The van der Waals surface area contributed by atoms with Gasteiger partial charge in [-0.05, 0) is 35.7 Å². The van der Waals surface area contributed by atoms with Crippen molar-refractivity contribution in [1.29, 1.82) is 0 Å². The summed E-state index contributed by atoms with van der Waals surface area (Å²) in [6.07, 6.45) is 1.99. The number of aromatic hydroxyl groups is 1. The maximum absolute atomic E-state index is 12.2. The normalized spacial score (nSPS) is 10.5. The Morgan fingerprint density at radius 2 is 2.00 bits per heavy atom. The molecular formula is C22H22ClN3O5. The maximum atomic E-state index is 12.2. The van der Waals surface area contributed by atoms with E-state index in [4.69, 9.17) is 21.1 Å². The number of amides is 1. The van der Waals surface area contributed by atoms with E-state index < -0.39 is 18.5 Å². The number of methoxy groups -OCH3 is 1. The van der Waals surface area contributed by atoms with Crippen LogP contribution in [0, 0.1) is 0 Å². The Labute approximate surface area is 184 Å². The lowest BCUT2D eigenvalue weighted by atomic mass is 10.1. The minimum atomic E-state index is -0.518. The number of rotatable bonds is 9. The van der Waals surface area contributed by atoms with Gasteiger partial charge in [0.1, 0.15) is 5.82 Å². The Morgan fingerprint density at radius 3 is 2.74 bits per heavy atom. The SMILES string of the molecule is COc1ccc(CCC(=O)OCC(=O)Nc2ccnn2Cc2ccccc2Cl)cc1O. The predicted molar refractivity (Wildman–Crippen MR) is 115 cm³/mol. The molecule has 1 amide bonds. The van der Waals surface area contributed by atoms with Crippen LogP contribution in [0.15, 0.2) is 54.7 Å². The number of benzene rings is 2. The molecule has 3 rings (SSSR count). The zero-order chi connectivity index (χ0) is 22.2. The average molecular weight is 444 g/mol. The van der Waals surface area contributed by atoms with Gasteiger partial charge in [0.25, 0.3) is 5.91 Å². The summed E-state index contributed by atoms with van der Waals surface area (Å²) in [5.41, 5.74) is 1.61. The van der Waals surface area contributed by atoms with Crippen LogP contribution in [-0.2, 0) is 27.3 Å². The van der Waals surface area contributed by atoms with Crippen LogP contribution in [0.25, 0.3) is 0 Å². The van der Waals surface area contributed by atoms with Gasteiger partial charge in [-0.1, -0.05) is 35.9 Å². The Balaban J connectivity index is 1.46. The Bertz CT molecular complexity index is 1070. The Kier molecular flexibility index (Phi) is 7.50. The molecule has 0 fully saturated rings.